The second kappa shape index (κ2) is 37.4. The lowest BCUT2D eigenvalue weighted by Crippen LogP contribution is -2.29. The van der Waals surface area contributed by atoms with Gasteiger partial charge in [0.2, 0.25) is 0 Å². The molecule has 3 atom stereocenters. The van der Waals surface area contributed by atoms with Gasteiger partial charge in [-0.15, -0.1) is 0 Å². The minimum atomic E-state index is -4.51. The maximum absolute atomic E-state index is 12.4. The first kappa shape index (κ1) is 48.7. The van der Waals surface area contributed by atoms with Gasteiger partial charge in [-0.3, -0.25) is 13.8 Å². The fourth-order valence-corrected chi connectivity index (χ4v) is 6.03. The maximum Gasteiger partial charge on any atom is 0.472 e. The van der Waals surface area contributed by atoms with Gasteiger partial charge in [0.1, 0.15) is 12.2 Å². The number of esters is 1. The van der Waals surface area contributed by atoms with Crippen LogP contribution in [0.1, 0.15) is 168 Å². The minimum Gasteiger partial charge on any atom is -0.457 e. The molecule has 0 aromatic heterocycles. The van der Waals surface area contributed by atoms with Crippen LogP contribution >= 0.6 is 7.82 Å². The Labute approximate surface area is 305 Å². The zero-order chi connectivity index (χ0) is 36.8. The van der Waals surface area contributed by atoms with Crippen LogP contribution in [-0.4, -0.2) is 66.3 Å². The Bertz CT molecular complexity index is 877. The van der Waals surface area contributed by atoms with Gasteiger partial charge < -0.3 is 24.6 Å². The van der Waals surface area contributed by atoms with Crippen molar-refractivity contribution in [2.75, 3.05) is 33.0 Å². The molecule has 3 N–H and O–H groups in total. The van der Waals surface area contributed by atoms with Gasteiger partial charge in [-0.2, -0.15) is 0 Å². The molecule has 0 heterocycles. The van der Waals surface area contributed by atoms with Crippen molar-refractivity contribution < 1.29 is 43.0 Å². The molecule has 0 fully saturated rings. The molecule has 0 radical (unpaired) electrons. The van der Waals surface area contributed by atoms with Gasteiger partial charge in [0.15, 0.2) is 0 Å². The largest absolute Gasteiger partial charge is 0.472 e. The molecule has 0 aliphatic carbocycles. The van der Waals surface area contributed by atoms with Gasteiger partial charge in [-0.25, -0.2) is 4.57 Å². The highest BCUT2D eigenvalue weighted by Crippen LogP contribution is 2.43. The third-order valence-electron chi connectivity index (χ3n) is 8.33. The molecule has 0 saturated heterocycles. The molecule has 0 amide bonds. The Balaban J connectivity index is 4.07. The summed E-state index contributed by atoms with van der Waals surface area (Å²) in [5.74, 6) is -0.394. The maximum atomic E-state index is 12.4. The first-order valence-corrected chi connectivity index (χ1v) is 21.5. The van der Waals surface area contributed by atoms with E-state index >= 15 is 0 Å². The topological polar surface area (TPSA) is 132 Å². The lowest BCUT2D eigenvalue weighted by molar-refractivity contribution is -0.154. The second-order valence-electron chi connectivity index (χ2n) is 13.3. The van der Waals surface area contributed by atoms with Gasteiger partial charge in [-0.1, -0.05) is 147 Å². The fraction of sp³-hybridized carbons (Fsp3) is 0.825. The van der Waals surface area contributed by atoms with Crippen LogP contribution in [0.2, 0.25) is 0 Å². The summed E-state index contributed by atoms with van der Waals surface area (Å²) in [4.78, 5) is 22.3. The molecule has 0 rings (SSSR count). The van der Waals surface area contributed by atoms with Crippen LogP contribution in [0.25, 0.3) is 0 Å². The van der Waals surface area contributed by atoms with Crippen LogP contribution in [0.3, 0.4) is 0 Å². The molecule has 3 unspecified atom stereocenters. The quantitative estimate of drug-likeness (QED) is 0.0246. The number of aliphatic hydroxyl groups is 2. The number of hydrogen-bond acceptors (Lipinski definition) is 8. The number of phosphoric acid groups is 1. The third-order valence-corrected chi connectivity index (χ3v) is 9.28. The summed E-state index contributed by atoms with van der Waals surface area (Å²) in [5.41, 5.74) is 0. The van der Waals surface area contributed by atoms with Crippen LogP contribution in [0.15, 0.2) is 36.5 Å². The SMILES string of the molecule is CCCCCCC/C=C\C/C=C\C/C=C\CCCCCCCCCOCC(COP(=O)(O)OCC(O)CO)OC(=O)CCCCCCCCC. The summed E-state index contributed by atoms with van der Waals surface area (Å²) in [5, 5.41) is 18.2. The number of carbonyl (C=O) groups excluding carboxylic acids is 1. The third kappa shape index (κ3) is 36.5. The van der Waals surface area contributed by atoms with Crippen LogP contribution in [0, 0.1) is 0 Å². The van der Waals surface area contributed by atoms with Crippen molar-refractivity contribution in [3.8, 4) is 0 Å². The first-order valence-electron chi connectivity index (χ1n) is 20.0. The van der Waals surface area contributed by atoms with Crippen molar-refractivity contribution in [1.29, 1.82) is 0 Å². The highest BCUT2D eigenvalue weighted by atomic mass is 31.2. The molecule has 50 heavy (non-hydrogen) atoms. The minimum absolute atomic E-state index is 0.0433. The standard InChI is InChI=1S/C40H75O9P/c1-3-5-7-9-11-12-13-14-15-16-17-18-19-20-21-22-23-24-25-27-29-31-33-46-36-39(37-48-50(44,45)47-35-38(42)34-41)49-40(43)32-30-28-26-10-8-6-4-2/h13-14,16-17,19-20,38-39,41-42H,3-12,15,18,21-37H2,1-2H3,(H,44,45)/b14-13-,17-16-,20-19-. The van der Waals surface area contributed by atoms with Crippen molar-refractivity contribution in [2.24, 2.45) is 0 Å². The smallest absolute Gasteiger partial charge is 0.457 e. The molecular weight excluding hydrogens is 655 g/mol. The lowest BCUT2D eigenvalue weighted by atomic mass is 10.1. The second-order valence-corrected chi connectivity index (χ2v) is 14.8. The molecule has 0 spiro atoms. The van der Waals surface area contributed by atoms with Gasteiger partial charge in [0, 0.05) is 13.0 Å². The molecule has 294 valence electrons. The molecule has 9 nitrogen and oxygen atoms in total. The van der Waals surface area contributed by atoms with Gasteiger partial charge in [0.25, 0.3) is 0 Å². The lowest BCUT2D eigenvalue weighted by Gasteiger charge is -2.20. The number of phosphoric ester groups is 1. The molecular formula is C40H75O9P. The number of rotatable bonds is 38. The highest BCUT2D eigenvalue weighted by molar-refractivity contribution is 7.47. The molecule has 0 aliphatic rings. The summed E-state index contributed by atoms with van der Waals surface area (Å²) in [6.07, 6.45) is 38.4. The normalized spacial score (nSPS) is 14.6. The van der Waals surface area contributed by atoms with Crippen molar-refractivity contribution in [3.63, 3.8) is 0 Å². The Morgan fingerprint density at radius 1 is 0.620 bits per heavy atom. The molecule has 10 heteroatoms. The van der Waals surface area contributed by atoms with Gasteiger partial charge >= 0.3 is 13.8 Å². The van der Waals surface area contributed by atoms with Crippen molar-refractivity contribution in [2.45, 2.75) is 180 Å². The fourth-order valence-electron chi connectivity index (χ4n) is 5.24. The summed E-state index contributed by atoms with van der Waals surface area (Å²) < 4.78 is 33.1. The summed E-state index contributed by atoms with van der Waals surface area (Å²) in [7, 11) is -4.51. The number of carbonyl (C=O) groups is 1. The van der Waals surface area contributed by atoms with Crippen LogP contribution in [-0.2, 0) is 27.9 Å². The van der Waals surface area contributed by atoms with E-state index in [0.29, 0.717) is 6.61 Å². The van der Waals surface area contributed by atoms with E-state index in [0.717, 1.165) is 64.2 Å². The van der Waals surface area contributed by atoms with E-state index in [1.165, 1.54) is 83.5 Å². The summed E-state index contributed by atoms with van der Waals surface area (Å²) in [6, 6.07) is 0. The monoisotopic (exact) mass is 731 g/mol. The van der Waals surface area contributed by atoms with Crippen LogP contribution in [0.5, 0.6) is 0 Å². The van der Waals surface area contributed by atoms with Gasteiger partial charge in [0.05, 0.1) is 26.4 Å². The van der Waals surface area contributed by atoms with E-state index < -0.39 is 39.2 Å². The summed E-state index contributed by atoms with van der Waals surface area (Å²) >= 11 is 0. The van der Waals surface area contributed by atoms with E-state index in [2.05, 4.69) is 50.3 Å². The molecule has 0 saturated carbocycles. The number of allylic oxidation sites excluding steroid dienone is 6. The van der Waals surface area contributed by atoms with Crippen LogP contribution in [0.4, 0.5) is 0 Å². The van der Waals surface area contributed by atoms with Gasteiger partial charge in [-0.05, 0) is 51.4 Å². The van der Waals surface area contributed by atoms with E-state index in [1.807, 2.05) is 0 Å². The number of unbranched alkanes of at least 4 members (excludes halogenated alkanes) is 18. The first-order chi connectivity index (χ1) is 24.3. The molecule has 0 aromatic carbocycles. The molecule has 0 aromatic rings. The average Bonchev–Trinajstić information content (AvgIpc) is 3.10. The molecule has 0 bridgehead atoms. The number of ether oxygens (including phenoxy) is 2. The average molecular weight is 731 g/mol. The highest BCUT2D eigenvalue weighted by Gasteiger charge is 2.26. The Hall–Kier alpha value is -1.32. The van der Waals surface area contributed by atoms with E-state index in [1.54, 1.807) is 0 Å². The predicted molar refractivity (Wildman–Crippen MR) is 205 cm³/mol. The van der Waals surface area contributed by atoms with E-state index in [-0.39, 0.29) is 19.6 Å². The zero-order valence-corrected chi connectivity index (χ0v) is 32.8. The van der Waals surface area contributed by atoms with E-state index in [9.17, 15) is 19.4 Å². The van der Waals surface area contributed by atoms with Crippen LogP contribution < -0.4 is 0 Å². The van der Waals surface area contributed by atoms with Crippen molar-refractivity contribution in [1.82, 2.24) is 0 Å². The van der Waals surface area contributed by atoms with Crippen molar-refractivity contribution in [3.05, 3.63) is 36.5 Å². The zero-order valence-electron chi connectivity index (χ0n) is 31.9. The Kier molecular flexibility index (Phi) is 36.4. The predicted octanol–water partition coefficient (Wildman–Crippen LogP) is 10.5. The number of hydrogen-bond donors (Lipinski definition) is 3. The Morgan fingerprint density at radius 3 is 1.62 bits per heavy atom. The number of aliphatic hydroxyl groups excluding tert-OH is 2. The van der Waals surface area contributed by atoms with E-state index in [4.69, 9.17) is 23.6 Å². The Morgan fingerprint density at radius 2 is 1.08 bits per heavy atom. The van der Waals surface area contributed by atoms with Crippen molar-refractivity contribution >= 4 is 13.8 Å². The molecule has 0 aliphatic heterocycles. The summed E-state index contributed by atoms with van der Waals surface area (Å²) in [6.45, 7) is 3.43.